The number of rotatable bonds is 1. The van der Waals surface area contributed by atoms with E-state index in [1.54, 1.807) is 20.8 Å². The summed E-state index contributed by atoms with van der Waals surface area (Å²) in [5.41, 5.74) is -2.54. The molecule has 94 valence electrons. The monoisotopic (exact) mass is 237 g/mol. The fourth-order valence-corrected chi connectivity index (χ4v) is 1.82. The standard InChI is InChI=1S/C10H17F2NO3/c1-9(2,3)10(7(11)12)6-13(8(14)15)4-5-16-10/h7H,4-6H2,1-3H3,(H,14,15). The van der Waals surface area contributed by atoms with Crippen molar-refractivity contribution in [2.75, 3.05) is 19.7 Å². The Balaban J connectivity index is 2.99. The summed E-state index contributed by atoms with van der Waals surface area (Å²) >= 11 is 0. The third kappa shape index (κ3) is 2.11. The third-order valence-corrected chi connectivity index (χ3v) is 3.04. The van der Waals surface area contributed by atoms with Crippen molar-refractivity contribution in [3.63, 3.8) is 0 Å². The topological polar surface area (TPSA) is 49.8 Å². The number of ether oxygens (including phenoxy) is 1. The molecule has 0 aromatic rings. The Kier molecular flexibility index (Phi) is 3.42. The highest BCUT2D eigenvalue weighted by molar-refractivity contribution is 5.65. The van der Waals surface area contributed by atoms with Crippen LogP contribution in [0.25, 0.3) is 0 Å². The van der Waals surface area contributed by atoms with Crippen LogP contribution < -0.4 is 0 Å². The molecule has 1 aliphatic rings. The maximum Gasteiger partial charge on any atom is 0.407 e. The lowest BCUT2D eigenvalue weighted by Gasteiger charge is -2.48. The van der Waals surface area contributed by atoms with E-state index in [2.05, 4.69) is 0 Å². The van der Waals surface area contributed by atoms with Gasteiger partial charge >= 0.3 is 6.09 Å². The first-order valence-electron chi connectivity index (χ1n) is 5.11. The van der Waals surface area contributed by atoms with Crippen LogP contribution in [-0.2, 0) is 4.74 Å². The van der Waals surface area contributed by atoms with Gasteiger partial charge in [-0.3, -0.25) is 0 Å². The number of alkyl halides is 2. The molecule has 1 amide bonds. The van der Waals surface area contributed by atoms with Crippen LogP contribution in [0.2, 0.25) is 0 Å². The Bertz CT molecular complexity index is 278. The summed E-state index contributed by atoms with van der Waals surface area (Å²) in [5, 5.41) is 8.84. The second kappa shape index (κ2) is 4.16. The zero-order valence-electron chi connectivity index (χ0n) is 9.67. The summed E-state index contributed by atoms with van der Waals surface area (Å²) in [6, 6.07) is 0. The number of carbonyl (C=O) groups is 1. The fraction of sp³-hybridized carbons (Fsp3) is 0.900. The van der Waals surface area contributed by atoms with Crippen molar-refractivity contribution in [3.05, 3.63) is 0 Å². The number of hydrogen-bond acceptors (Lipinski definition) is 2. The summed E-state index contributed by atoms with van der Waals surface area (Å²) in [5.74, 6) is 0. The van der Waals surface area contributed by atoms with Crippen LogP contribution in [0.3, 0.4) is 0 Å². The molecule has 1 unspecified atom stereocenters. The first-order valence-corrected chi connectivity index (χ1v) is 5.11. The van der Waals surface area contributed by atoms with Crippen LogP contribution in [0.1, 0.15) is 20.8 Å². The van der Waals surface area contributed by atoms with E-state index in [4.69, 9.17) is 9.84 Å². The van der Waals surface area contributed by atoms with E-state index in [0.29, 0.717) is 0 Å². The molecule has 0 aliphatic carbocycles. The molecular weight excluding hydrogens is 220 g/mol. The molecule has 1 atom stereocenters. The minimum absolute atomic E-state index is 0.00785. The van der Waals surface area contributed by atoms with Gasteiger partial charge in [0, 0.05) is 6.54 Å². The molecule has 0 saturated carbocycles. The Morgan fingerprint density at radius 3 is 2.44 bits per heavy atom. The predicted molar refractivity (Wildman–Crippen MR) is 53.7 cm³/mol. The molecule has 4 nitrogen and oxygen atoms in total. The van der Waals surface area contributed by atoms with Gasteiger partial charge in [-0.25, -0.2) is 13.6 Å². The average molecular weight is 237 g/mol. The van der Waals surface area contributed by atoms with Crippen molar-refractivity contribution < 1.29 is 23.4 Å². The Hall–Kier alpha value is -0.910. The lowest BCUT2D eigenvalue weighted by atomic mass is 9.75. The smallest absolute Gasteiger partial charge is 0.407 e. The molecule has 0 aromatic heterocycles. The second-order valence-corrected chi connectivity index (χ2v) is 4.99. The zero-order valence-corrected chi connectivity index (χ0v) is 9.67. The molecule has 1 N–H and O–H groups in total. The normalized spacial score (nSPS) is 27.2. The Morgan fingerprint density at radius 1 is 1.50 bits per heavy atom. The second-order valence-electron chi connectivity index (χ2n) is 4.99. The number of carboxylic acid groups (broad SMARTS) is 1. The molecule has 0 bridgehead atoms. The van der Waals surface area contributed by atoms with Crippen LogP contribution in [0.4, 0.5) is 13.6 Å². The predicted octanol–water partition coefficient (Wildman–Crippen LogP) is 2.05. The van der Waals surface area contributed by atoms with E-state index in [9.17, 15) is 13.6 Å². The quantitative estimate of drug-likeness (QED) is 0.759. The van der Waals surface area contributed by atoms with Crippen LogP contribution >= 0.6 is 0 Å². The van der Waals surface area contributed by atoms with Crippen molar-refractivity contribution in [3.8, 4) is 0 Å². The van der Waals surface area contributed by atoms with Crippen LogP contribution in [0.5, 0.6) is 0 Å². The molecule has 0 spiro atoms. The van der Waals surface area contributed by atoms with Gasteiger partial charge in [-0.15, -0.1) is 0 Å². The summed E-state index contributed by atoms with van der Waals surface area (Å²) in [6.07, 6.45) is -3.90. The van der Waals surface area contributed by atoms with E-state index < -0.39 is 23.5 Å². The number of halogens is 2. The summed E-state index contributed by atoms with van der Waals surface area (Å²) < 4.78 is 31.5. The molecule has 0 aromatic carbocycles. The van der Waals surface area contributed by atoms with Gasteiger partial charge in [-0.1, -0.05) is 20.8 Å². The largest absolute Gasteiger partial charge is 0.465 e. The van der Waals surface area contributed by atoms with Gasteiger partial charge in [-0.05, 0) is 5.41 Å². The van der Waals surface area contributed by atoms with Crippen LogP contribution in [0, 0.1) is 5.41 Å². The van der Waals surface area contributed by atoms with Crippen LogP contribution in [-0.4, -0.2) is 47.8 Å². The molecule has 16 heavy (non-hydrogen) atoms. The summed E-state index contributed by atoms with van der Waals surface area (Å²) in [6.45, 7) is 4.75. The van der Waals surface area contributed by atoms with Gasteiger partial charge in [0.15, 0.2) is 5.60 Å². The highest BCUT2D eigenvalue weighted by Crippen LogP contribution is 2.41. The van der Waals surface area contributed by atoms with E-state index in [1.165, 1.54) is 0 Å². The van der Waals surface area contributed by atoms with Gasteiger partial charge in [0.05, 0.1) is 13.2 Å². The van der Waals surface area contributed by atoms with Crippen molar-refractivity contribution >= 4 is 6.09 Å². The van der Waals surface area contributed by atoms with E-state index >= 15 is 0 Å². The van der Waals surface area contributed by atoms with Gasteiger partial charge in [0.2, 0.25) is 0 Å². The lowest BCUT2D eigenvalue weighted by molar-refractivity contribution is -0.223. The van der Waals surface area contributed by atoms with Crippen molar-refractivity contribution in [2.45, 2.75) is 32.8 Å². The maximum absolute atomic E-state index is 13.2. The molecule has 1 saturated heterocycles. The minimum atomic E-state index is -2.71. The molecular formula is C10H17F2NO3. The fourth-order valence-electron chi connectivity index (χ4n) is 1.82. The SMILES string of the molecule is CC(C)(C)C1(C(F)F)CN(C(=O)O)CCO1. The molecule has 1 rings (SSSR count). The Labute approximate surface area is 93.2 Å². The van der Waals surface area contributed by atoms with Gasteiger partial charge in [0.1, 0.15) is 0 Å². The van der Waals surface area contributed by atoms with E-state index in [0.717, 1.165) is 4.90 Å². The molecule has 1 heterocycles. The highest BCUT2D eigenvalue weighted by atomic mass is 19.3. The number of morpholine rings is 1. The maximum atomic E-state index is 13.2. The number of hydrogen-bond donors (Lipinski definition) is 1. The third-order valence-electron chi connectivity index (χ3n) is 3.04. The van der Waals surface area contributed by atoms with Crippen molar-refractivity contribution in [2.24, 2.45) is 5.41 Å². The van der Waals surface area contributed by atoms with Crippen molar-refractivity contribution in [1.82, 2.24) is 4.90 Å². The average Bonchev–Trinajstić information content (AvgIpc) is 2.15. The van der Waals surface area contributed by atoms with E-state index in [-0.39, 0.29) is 19.7 Å². The van der Waals surface area contributed by atoms with Crippen molar-refractivity contribution in [1.29, 1.82) is 0 Å². The molecule has 0 radical (unpaired) electrons. The first kappa shape index (κ1) is 13.2. The molecule has 6 heteroatoms. The summed E-state index contributed by atoms with van der Waals surface area (Å²) in [7, 11) is 0. The van der Waals surface area contributed by atoms with Gasteiger partial charge in [0.25, 0.3) is 6.43 Å². The van der Waals surface area contributed by atoms with Gasteiger partial charge < -0.3 is 14.7 Å². The number of nitrogens with zero attached hydrogens (tertiary/aromatic N) is 1. The minimum Gasteiger partial charge on any atom is -0.465 e. The molecule has 1 aliphatic heterocycles. The summed E-state index contributed by atoms with van der Waals surface area (Å²) in [4.78, 5) is 11.8. The highest BCUT2D eigenvalue weighted by Gasteiger charge is 2.54. The Morgan fingerprint density at radius 2 is 2.06 bits per heavy atom. The zero-order chi connectivity index (χ0) is 12.6. The van der Waals surface area contributed by atoms with Gasteiger partial charge in [-0.2, -0.15) is 0 Å². The first-order chi connectivity index (χ1) is 7.21. The lowest BCUT2D eigenvalue weighted by Crippen LogP contribution is -2.63. The van der Waals surface area contributed by atoms with Crippen LogP contribution in [0.15, 0.2) is 0 Å². The number of amides is 1. The molecule has 1 fully saturated rings. The van der Waals surface area contributed by atoms with E-state index in [1.807, 2.05) is 0 Å².